The molecular weight excluding hydrogens is 310 g/mol. The smallest absolute Gasteiger partial charge is 0.0896 e. The molecular formula is C18H22ClN3O. The van der Waals surface area contributed by atoms with Crippen LogP contribution in [0.2, 0.25) is 5.02 Å². The Morgan fingerprint density at radius 1 is 1.30 bits per heavy atom. The van der Waals surface area contributed by atoms with E-state index in [0.717, 1.165) is 30.4 Å². The summed E-state index contributed by atoms with van der Waals surface area (Å²) >= 11 is 6.03. The number of morpholine rings is 1. The van der Waals surface area contributed by atoms with E-state index < -0.39 is 0 Å². The zero-order valence-electron chi connectivity index (χ0n) is 13.3. The van der Waals surface area contributed by atoms with Gasteiger partial charge in [-0.05, 0) is 36.9 Å². The van der Waals surface area contributed by atoms with Crippen LogP contribution in [0.25, 0.3) is 0 Å². The fourth-order valence-electron chi connectivity index (χ4n) is 2.86. The Balaban J connectivity index is 1.76. The third kappa shape index (κ3) is 4.52. The Morgan fingerprint density at radius 3 is 2.83 bits per heavy atom. The van der Waals surface area contributed by atoms with Crippen LogP contribution in [0.3, 0.4) is 0 Å². The molecule has 0 aliphatic carbocycles. The Morgan fingerprint density at radius 2 is 2.13 bits per heavy atom. The lowest BCUT2D eigenvalue weighted by molar-refractivity contribution is -0.0396. The van der Waals surface area contributed by atoms with Crippen molar-refractivity contribution in [2.75, 3.05) is 26.7 Å². The van der Waals surface area contributed by atoms with Crippen LogP contribution in [-0.4, -0.2) is 42.7 Å². The molecule has 23 heavy (non-hydrogen) atoms. The van der Waals surface area contributed by atoms with E-state index in [9.17, 15) is 0 Å². The van der Waals surface area contributed by atoms with Crippen molar-refractivity contribution in [1.82, 2.24) is 15.2 Å². The number of pyridine rings is 1. The molecule has 1 fully saturated rings. The van der Waals surface area contributed by atoms with Crippen molar-refractivity contribution in [3.63, 3.8) is 0 Å². The molecule has 1 aliphatic heterocycles. The van der Waals surface area contributed by atoms with Crippen molar-refractivity contribution in [3.8, 4) is 0 Å². The first-order valence-corrected chi connectivity index (χ1v) is 8.29. The molecule has 2 atom stereocenters. The van der Waals surface area contributed by atoms with Gasteiger partial charge in [0.1, 0.15) is 0 Å². The maximum absolute atomic E-state index is 6.03. The highest BCUT2D eigenvalue weighted by molar-refractivity contribution is 6.30. The van der Waals surface area contributed by atoms with Gasteiger partial charge in [-0.25, -0.2) is 0 Å². The van der Waals surface area contributed by atoms with Crippen LogP contribution >= 0.6 is 11.6 Å². The third-order valence-electron chi connectivity index (χ3n) is 4.13. The van der Waals surface area contributed by atoms with Crippen molar-refractivity contribution in [1.29, 1.82) is 0 Å². The van der Waals surface area contributed by atoms with E-state index in [0.29, 0.717) is 6.54 Å². The normalized spacial score (nSPS) is 20.3. The van der Waals surface area contributed by atoms with Crippen molar-refractivity contribution in [2.45, 2.75) is 18.7 Å². The number of hydrogen-bond donors (Lipinski definition) is 1. The topological polar surface area (TPSA) is 37.4 Å². The van der Waals surface area contributed by atoms with Crippen LogP contribution in [-0.2, 0) is 11.3 Å². The van der Waals surface area contributed by atoms with Gasteiger partial charge in [-0.2, -0.15) is 0 Å². The summed E-state index contributed by atoms with van der Waals surface area (Å²) in [4.78, 5) is 6.69. The lowest BCUT2D eigenvalue weighted by Gasteiger charge is -2.36. The molecule has 5 heteroatoms. The number of aromatic nitrogens is 1. The van der Waals surface area contributed by atoms with Crippen molar-refractivity contribution >= 4 is 11.6 Å². The van der Waals surface area contributed by atoms with E-state index in [2.05, 4.69) is 34.4 Å². The van der Waals surface area contributed by atoms with Crippen LogP contribution in [0.5, 0.6) is 0 Å². The highest BCUT2D eigenvalue weighted by Crippen LogP contribution is 2.24. The van der Waals surface area contributed by atoms with Gasteiger partial charge in [0.15, 0.2) is 0 Å². The number of nitrogens with one attached hydrogen (secondary N) is 1. The molecule has 0 bridgehead atoms. The molecule has 0 radical (unpaired) electrons. The number of likely N-dealkylation sites (N-methyl/N-ethyl adjacent to an activating group) is 1. The van der Waals surface area contributed by atoms with Gasteiger partial charge in [-0.15, -0.1) is 0 Å². The first kappa shape index (κ1) is 16.4. The van der Waals surface area contributed by atoms with Gasteiger partial charge >= 0.3 is 0 Å². The summed E-state index contributed by atoms with van der Waals surface area (Å²) in [7, 11) is 2.13. The van der Waals surface area contributed by atoms with Crippen LogP contribution in [0, 0.1) is 0 Å². The summed E-state index contributed by atoms with van der Waals surface area (Å²) in [6.07, 6.45) is 1.93. The summed E-state index contributed by atoms with van der Waals surface area (Å²) in [5.74, 6) is 0. The Bertz CT molecular complexity index is 605. The molecule has 0 amide bonds. The van der Waals surface area contributed by atoms with E-state index >= 15 is 0 Å². The third-order valence-corrected chi connectivity index (χ3v) is 4.38. The number of hydrogen-bond acceptors (Lipinski definition) is 4. The second kappa shape index (κ2) is 7.88. The second-order valence-corrected chi connectivity index (χ2v) is 6.34. The Kier molecular flexibility index (Phi) is 5.62. The summed E-state index contributed by atoms with van der Waals surface area (Å²) in [6.45, 7) is 3.35. The summed E-state index contributed by atoms with van der Waals surface area (Å²) in [5.41, 5.74) is 2.21. The van der Waals surface area contributed by atoms with Crippen LogP contribution in [0.15, 0.2) is 48.7 Å². The van der Waals surface area contributed by atoms with Crippen LogP contribution < -0.4 is 5.32 Å². The fourth-order valence-corrected chi connectivity index (χ4v) is 2.99. The van der Waals surface area contributed by atoms with Crippen LogP contribution in [0.4, 0.5) is 0 Å². The monoisotopic (exact) mass is 331 g/mol. The van der Waals surface area contributed by atoms with E-state index in [-0.39, 0.29) is 12.1 Å². The van der Waals surface area contributed by atoms with E-state index in [1.54, 1.807) is 0 Å². The average Bonchev–Trinajstić information content (AvgIpc) is 2.58. The van der Waals surface area contributed by atoms with Gasteiger partial charge in [-0.3, -0.25) is 4.98 Å². The van der Waals surface area contributed by atoms with Gasteiger partial charge in [0, 0.05) is 30.9 Å². The SMILES string of the molecule is CN1CCOC(C(NCc2ccccn2)c2ccc(Cl)cc2)C1. The quantitative estimate of drug-likeness (QED) is 0.914. The Labute approximate surface area is 142 Å². The highest BCUT2D eigenvalue weighted by atomic mass is 35.5. The number of ether oxygens (including phenoxy) is 1. The molecule has 122 valence electrons. The molecule has 1 aliphatic rings. The number of nitrogens with zero attached hydrogens (tertiary/aromatic N) is 2. The maximum Gasteiger partial charge on any atom is 0.0896 e. The summed E-state index contributed by atoms with van der Waals surface area (Å²) in [6, 6.07) is 14.1. The molecule has 2 aromatic rings. The van der Waals surface area contributed by atoms with Gasteiger partial charge in [0.25, 0.3) is 0 Å². The number of benzene rings is 1. The minimum Gasteiger partial charge on any atom is -0.374 e. The molecule has 1 saturated heterocycles. The maximum atomic E-state index is 6.03. The molecule has 0 saturated carbocycles. The minimum absolute atomic E-state index is 0.108. The molecule has 3 rings (SSSR count). The van der Waals surface area contributed by atoms with Gasteiger partial charge in [-0.1, -0.05) is 29.8 Å². The van der Waals surface area contributed by atoms with E-state index in [1.165, 1.54) is 5.56 Å². The van der Waals surface area contributed by atoms with Crippen molar-refractivity contribution in [2.24, 2.45) is 0 Å². The van der Waals surface area contributed by atoms with Crippen LogP contribution in [0.1, 0.15) is 17.3 Å². The predicted octanol–water partition coefficient (Wildman–Crippen LogP) is 2.90. The highest BCUT2D eigenvalue weighted by Gasteiger charge is 2.27. The molecule has 1 N–H and O–H groups in total. The average molecular weight is 332 g/mol. The number of rotatable bonds is 5. The molecule has 4 nitrogen and oxygen atoms in total. The zero-order valence-corrected chi connectivity index (χ0v) is 14.0. The molecule has 2 heterocycles. The second-order valence-electron chi connectivity index (χ2n) is 5.90. The minimum atomic E-state index is 0.108. The zero-order chi connectivity index (χ0) is 16.1. The molecule has 2 unspecified atom stereocenters. The largest absolute Gasteiger partial charge is 0.374 e. The van der Waals surface area contributed by atoms with E-state index in [4.69, 9.17) is 16.3 Å². The molecule has 0 spiro atoms. The van der Waals surface area contributed by atoms with Crippen molar-refractivity contribution in [3.05, 3.63) is 64.9 Å². The molecule has 1 aromatic carbocycles. The predicted molar refractivity (Wildman–Crippen MR) is 92.5 cm³/mol. The first-order valence-electron chi connectivity index (χ1n) is 7.91. The number of halogens is 1. The van der Waals surface area contributed by atoms with Gasteiger partial charge in [0.05, 0.1) is 24.4 Å². The standard InChI is InChI=1S/C18H22ClN3O/c1-22-10-11-23-17(13-22)18(14-5-7-15(19)8-6-14)21-12-16-4-2-3-9-20-16/h2-9,17-18,21H,10-13H2,1H3. The van der Waals surface area contributed by atoms with Gasteiger partial charge < -0.3 is 15.0 Å². The summed E-state index contributed by atoms with van der Waals surface area (Å²) in [5, 5.41) is 4.35. The Hall–Kier alpha value is -1.46. The lowest BCUT2D eigenvalue weighted by atomic mass is 10.00. The first-order chi connectivity index (χ1) is 11.2. The fraction of sp³-hybridized carbons (Fsp3) is 0.389. The van der Waals surface area contributed by atoms with E-state index in [1.807, 2.05) is 36.5 Å². The van der Waals surface area contributed by atoms with Gasteiger partial charge in [0.2, 0.25) is 0 Å². The molecule has 1 aromatic heterocycles. The lowest BCUT2D eigenvalue weighted by Crippen LogP contribution is -2.46. The van der Waals surface area contributed by atoms with Crippen molar-refractivity contribution < 1.29 is 4.74 Å². The summed E-state index contributed by atoms with van der Waals surface area (Å²) < 4.78 is 6.03.